The molecule has 0 unspecified atom stereocenters. The molecule has 27 heavy (non-hydrogen) atoms. The van der Waals surface area contributed by atoms with Gasteiger partial charge in [0.05, 0.1) is 4.90 Å². The van der Waals surface area contributed by atoms with Gasteiger partial charge in [-0.25, -0.2) is 13.6 Å². The fraction of sp³-hybridized carbons (Fsp3) is 0.0526. The van der Waals surface area contributed by atoms with Crippen molar-refractivity contribution in [3.63, 3.8) is 0 Å². The number of benzene rings is 3. The number of hydrogen-bond donors (Lipinski definition) is 3. The highest BCUT2D eigenvalue weighted by molar-refractivity contribution is 7.89. The number of amides is 2. The van der Waals surface area contributed by atoms with Crippen LogP contribution in [-0.2, 0) is 26.2 Å². The van der Waals surface area contributed by atoms with Crippen LogP contribution < -0.4 is 15.8 Å². The predicted octanol–water partition coefficient (Wildman–Crippen LogP) is 1.74. The van der Waals surface area contributed by atoms with Gasteiger partial charge in [0.2, 0.25) is 10.0 Å². The molecule has 0 spiro atoms. The van der Waals surface area contributed by atoms with Gasteiger partial charge in [-0.2, -0.15) is 0 Å². The van der Waals surface area contributed by atoms with E-state index in [4.69, 9.17) is 5.14 Å². The van der Waals surface area contributed by atoms with Crippen LogP contribution in [0, 0.1) is 0 Å². The van der Waals surface area contributed by atoms with Crippen molar-refractivity contribution < 1.29 is 18.0 Å². The average molecular weight is 383 g/mol. The summed E-state index contributed by atoms with van der Waals surface area (Å²) in [6.45, 7) is 0.0761. The molecule has 7 nitrogen and oxygen atoms in total. The molecular weight excluding hydrogens is 366 g/mol. The Morgan fingerprint density at radius 1 is 0.852 bits per heavy atom. The number of primary sulfonamides is 1. The molecule has 3 aromatic rings. The highest BCUT2D eigenvalue weighted by Crippen LogP contribution is 2.22. The van der Waals surface area contributed by atoms with Crippen molar-refractivity contribution in [3.05, 3.63) is 72.3 Å². The largest absolute Gasteiger partial charge is 0.344 e. The lowest BCUT2D eigenvalue weighted by atomic mass is 10.1. The molecule has 0 saturated carbocycles. The zero-order valence-corrected chi connectivity index (χ0v) is 15.0. The zero-order chi connectivity index (χ0) is 19.4. The number of hydrogen-bond acceptors (Lipinski definition) is 4. The second kappa shape index (κ2) is 7.56. The van der Waals surface area contributed by atoms with Crippen molar-refractivity contribution in [3.8, 4) is 0 Å². The number of carbonyl (C=O) groups excluding carboxylic acids is 2. The molecule has 0 fully saturated rings. The van der Waals surface area contributed by atoms with Gasteiger partial charge in [-0.05, 0) is 29.1 Å². The van der Waals surface area contributed by atoms with Crippen LogP contribution in [0.4, 0.5) is 5.69 Å². The summed E-state index contributed by atoms with van der Waals surface area (Å²) in [5.74, 6) is -1.58. The lowest BCUT2D eigenvalue weighted by molar-refractivity contribution is -0.136. The van der Waals surface area contributed by atoms with Gasteiger partial charge in [-0.1, -0.05) is 48.5 Å². The molecule has 0 atom stereocenters. The van der Waals surface area contributed by atoms with Gasteiger partial charge in [-0.3, -0.25) is 9.59 Å². The number of rotatable bonds is 4. The molecule has 8 heteroatoms. The Morgan fingerprint density at radius 3 is 2.22 bits per heavy atom. The highest BCUT2D eigenvalue weighted by Gasteiger charge is 2.15. The van der Waals surface area contributed by atoms with E-state index in [2.05, 4.69) is 10.6 Å². The van der Waals surface area contributed by atoms with E-state index >= 15 is 0 Å². The number of nitrogens with one attached hydrogen (secondary N) is 2. The maximum Gasteiger partial charge on any atom is 0.313 e. The molecule has 0 heterocycles. The second-order valence-electron chi connectivity index (χ2n) is 5.85. The molecule has 4 N–H and O–H groups in total. The first-order valence-electron chi connectivity index (χ1n) is 8.03. The fourth-order valence-corrected chi connectivity index (χ4v) is 3.09. The van der Waals surface area contributed by atoms with Crippen molar-refractivity contribution >= 4 is 38.3 Å². The van der Waals surface area contributed by atoms with Crippen LogP contribution in [0.3, 0.4) is 0 Å². The standard InChI is InChI=1S/C19H17N3O4S/c20-27(25,26)15-10-8-13(9-11-15)12-21-18(23)19(24)22-17-7-3-5-14-4-1-2-6-16(14)17/h1-11H,12H2,(H,21,23)(H,22,24)(H2,20,25,26). The Kier molecular flexibility index (Phi) is 5.20. The van der Waals surface area contributed by atoms with Gasteiger partial charge in [0, 0.05) is 17.6 Å². The summed E-state index contributed by atoms with van der Waals surface area (Å²) in [5.41, 5.74) is 1.18. The number of nitrogens with two attached hydrogens (primary N) is 1. The summed E-state index contributed by atoms with van der Waals surface area (Å²) in [5, 5.41) is 11.9. The molecule has 3 rings (SSSR count). The van der Waals surface area contributed by atoms with Crippen molar-refractivity contribution in [1.29, 1.82) is 0 Å². The van der Waals surface area contributed by atoms with Gasteiger partial charge in [0.25, 0.3) is 0 Å². The van der Waals surface area contributed by atoms with Crippen LogP contribution in [0.5, 0.6) is 0 Å². The minimum atomic E-state index is -3.77. The second-order valence-corrected chi connectivity index (χ2v) is 7.41. The zero-order valence-electron chi connectivity index (χ0n) is 14.2. The smallest absolute Gasteiger partial charge is 0.313 e. The highest BCUT2D eigenvalue weighted by atomic mass is 32.2. The van der Waals surface area contributed by atoms with Gasteiger partial charge in [0.15, 0.2) is 0 Å². The van der Waals surface area contributed by atoms with Crippen molar-refractivity contribution in [2.75, 3.05) is 5.32 Å². The molecule has 0 aliphatic carbocycles. The van der Waals surface area contributed by atoms with E-state index in [1.165, 1.54) is 24.3 Å². The number of carbonyl (C=O) groups is 2. The number of fused-ring (bicyclic) bond motifs is 1. The van der Waals surface area contributed by atoms with E-state index < -0.39 is 21.8 Å². The van der Waals surface area contributed by atoms with Crippen LogP contribution in [-0.4, -0.2) is 20.2 Å². The molecule has 0 aliphatic rings. The summed E-state index contributed by atoms with van der Waals surface area (Å²) in [7, 11) is -3.77. The van der Waals surface area contributed by atoms with Crippen molar-refractivity contribution in [1.82, 2.24) is 5.32 Å². The van der Waals surface area contributed by atoms with E-state index in [1.807, 2.05) is 30.3 Å². The van der Waals surface area contributed by atoms with E-state index in [1.54, 1.807) is 12.1 Å². The van der Waals surface area contributed by atoms with Crippen LogP contribution in [0.1, 0.15) is 5.56 Å². The fourth-order valence-electron chi connectivity index (χ4n) is 2.57. The van der Waals surface area contributed by atoms with Crippen molar-refractivity contribution in [2.45, 2.75) is 11.4 Å². The third-order valence-electron chi connectivity index (χ3n) is 3.95. The average Bonchev–Trinajstić information content (AvgIpc) is 2.66. The van der Waals surface area contributed by atoms with Crippen LogP contribution >= 0.6 is 0 Å². The molecule has 3 aromatic carbocycles. The topological polar surface area (TPSA) is 118 Å². The van der Waals surface area contributed by atoms with Crippen LogP contribution in [0.2, 0.25) is 0 Å². The van der Waals surface area contributed by atoms with Gasteiger partial charge in [-0.15, -0.1) is 0 Å². The Bertz CT molecular complexity index is 1100. The summed E-state index contributed by atoms with van der Waals surface area (Å²) >= 11 is 0. The van der Waals surface area contributed by atoms with Crippen LogP contribution in [0.15, 0.2) is 71.6 Å². The Balaban J connectivity index is 1.63. The Morgan fingerprint density at radius 2 is 1.52 bits per heavy atom. The molecule has 2 amide bonds. The molecule has 138 valence electrons. The minimum Gasteiger partial charge on any atom is -0.344 e. The number of anilines is 1. The minimum absolute atomic E-state index is 0.0220. The maximum atomic E-state index is 12.1. The monoisotopic (exact) mass is 383 g/mol. The normalized spacial score (nSPS) is 11.1. The number of sulfonamides is 1. The first-order chi connectivity index (χ1) is 12.8. The summed E-state index contributed by atoms with van der Waals surface area (Å²) in [4.78, 5) is 24.2. The SMILES string of the molecule is NS(=O)(=O)c1ccc(CNC(=O)C(=O)Nc2cccc3ccccc23)cc1. The lowest BCUT2D eigenvalue weighted by Crippen LogP contribution is -2.35. The van der Waals surface area contributed by atoms with Crippen LogP contribution in [0.25, 0.3) is 10.8 Å². The summed E-state index contributed by atoms with van der Waals surface area (Å²) in [6, 6.07) is 18.7. The molecule has 0 saturated heterocycles. The van der Waals surface area contributed by atoms with E-state index in [9.17, 15) is 18.0 Å². The first-order valence-corrected chi connectivity index (χ1v) is 9.58. The third-order valence-corrected chi connectivity index (χ3v) is 4.88. The molecule has 0 aliphatic heterocycles. The quantitative estimate of drug-likeness (QED) is 0.595. The van der Waals surface area contributed by atoms with E-state index in [0.29, 0.717) is 11.3 Å². The lowest BCUT2D eigenvalue weighted by Gasteiger charge is -2.09. The van der Waals surface area contributed by atoms with E-state index in [-0.39, 0.29) is 11.4 Å². The van der Waals surface area contributed by atoms with Gasteiger partial charge < -0.3 is 10.6 Å². The molecular formula is C19H17N3O4S. The molecule has 0 aromatic heterocycles. The first kappa shape index (κ1) is 18.6. The predicted molar refractivity (Wildman–Crippen MR) is 102 cm³/mol. The summed E-state index contributed by atoms with van der Waals surface area (Å²) < 4.78 is 22.4. The van der Waals surface area contributed by atoms with Gasteiger partial charge in [0.1, 0.15) is 0 Å². The van der Waals surface area contributed by atoms with E-state index in [0.717, 1.165) is 10.8 Å². The molecule has 0 radical (unpaired) electrons. The van der Waals surface area contributed by atoms with Crippen molar-refractivity contribution in [2.24, 2.45) is 5.14 Å². The molecule has 0 bridgehead atoms. The maximum absolute atomic E-state index is 12.1. The Labute approximate surface area is 156 Å². The summed E-state index contributed by atoms with van der Waals surface area (Å²) in [6.07, 6.45) is 0. The third kappa shape index (κ3) is 4.49. The van der Waals surface area contributed by atoms with Gasteiger partial charge >= 0.3 is 11.8 Å². The Hall–Kier alpha value is -3.23.